The fraction of sp³-hybridized carbons (Fsp3) is 0.353. The number of ether oxygens (including phenoxy) is 1. The second-order valence-electron chi connectivity index (χ2n) is 5.65. The molecule has 0 aliphatic carbocycles. The molecule has 6 heteroatoms. The first kappa shape index (κ1) is 16.1. The first-order valence-electron chi connectivity index (χ1n) is 7.53. The summed E-state index contributed by atoms with van der Waals surface area (Å²) in [7, 11) is 0. The van der Waals surface area contributed by atoms with E-state index in [4.69, 9.17) is 16.3 Å². The number of benzene rings is 1. The molecule has 0 unspecified atom stereocenters. The average molecular weight is 339 g/mol. The van der Waals surface area contributed by atoms with Crippen molar-refractivity contribution in [3.8, 4) is 5.88 Å². The molecule has 2 atom stereocenters. The van der Waals surface area contributed by atoms with Crippen LogP contribution in [0.2, 0.25) is 5.02 Å². The average Bonchev–Trinajstić information content (AvgIpc) is 3.00. The van der Waals surface area contributed by atoms with Crippen molar-refractivity contribution in [1.29, 1.82) is 0 Å². The molecule has 122 valence electrons. The van der Waals surface area contributed by atoms with Gasteiger partial charge in [0.1, 0.15) is 0 Å². The number of hydrogen-bond acceptors (Lipinski definition) is 3. The van der Waals surface area contributed by atoms with Crippen molar-refractivity contribution in [2.75, 3.05) is 19.7 Å². The van der Waals surface area contributed by atoms with Crippen LogP contribution in [0, 0.1) is 17.6 Å². The van der Waals surface area contributed by atoms with Gasteiger partial charge in [0.05, 0.1) is 11.6 Å². The standard InChI is InChI=1S/C17H17ClF2N2O/c18-13-2-4-17(22-9-13)23-6-5-12-8-21-10-14(12)11-1-3-15(19)16(20)7-11/h1-4,7,9,12,14,21H,5-6,8,10H2/t12-,14+/m0/s1. The van der Waals surface area contributed by atoms with E-state index in [2.05, 4.69) is 10.3 Å². The summed E-state index contributed by atoms with van der Waals surface area (Å²) in [4.78, 5) is 4.08. The van der Waals surface area contributed by atoms with Gasteiger partial charge in [0.25, 0.3) is 0 Å². The quantitative estimate of drug-likeness (QED) is 0.900. The number of nitrogens with one attached hydrogen (secondary N) is 1. The van der Waals surface area contributed by atoms with E-state index in [1.165, 1.54) is 18.3 Å². The number of hydrogen-bond donors (Lipinski definition) is 1. The molecule has 1 aliphatic heterocycles. The van der Waals surface area contributed by atoms with Crippen LogP contribution in [0.4, 0.5) is 8.78 Å². The Bertz CT molecular complexity index is 666. The monoisotopic (exact) mass is 338 g/mol. The lowest BCUT2D eigenvalue weighted by Gasteiger charge is -2.19. The molecule has 0 spiro atoms. The zero-order valence-corrected chi connectivity index (χ0v) is 13.2. The molecular formula is C17H17ClF2N2O. The van der Waals surface area contributed by atoms with Gasteiger partial charge >= 0.3 is 0 Å². The van der Waals surface area contributed by atoms with Crippen molar-refractivity contribution in [1.82, 2.24) is 10.3 Å². The third-order valence-corrected chi connectivity index (χ3v) is 4.37. The van der Waals surface area contributed by atoms with E-state index < -0.39 is 11.6 Å². The summed E-state index contributed by atoms with van der Waals surface area (Å²) in [5.74, 6) is -0.605. The summed E-state index contributed by atoms with van der Waals surface area (Å²) in [5.41, 5.74) is 0.823. The Kier molecular flexibility index (Phi) is 5.08. The first-order valence-corrected chi connectivity index (χ1v) is 7.91. The normalized spacial score (nSPS) is 20.7. The maximum absolute atomic E-state index is 13.4. The Balaban J connectivity index is 1.58. The maximum Gasteiger partial charge on any atom is 0.213 e. The molecule has 0 bridgehead atoms. The van der Waals surface area contributed by atoms with Crippen LogP contribution in [0.5, 0.6) is 5.88 Å². The van der Waals surface area contributed by atoms with Crippen LogP contribution in [-0.2, 0) is 0 Å². The molecular weight excluding hydrogens is 322 g/mol. The fourth-order valence-corrected chi connectivity index (χ4v) is 3.04. The van der Waals surface area contributed by atoms with Crippen LogP contribution < -0.4 is 10.1 Å². The molecule has 1 N–H and O–H groups in total. The number of nitrogens with zero attached hydrogens (tertiary/aromatic N) is 1. The highest BCUT2D eigenvalue weighted by atomic mass is 35.5. The second kappa shape index (κ2) is 7.23. The van der Waals surface area contributed by atoms with Crippen molar-refractivity contribution in [3.63, 3.8) is 0 Å². The smallest absolute Gasteiger partial charge is 0.213 e. The Hall–Kier alpha value is -1.72. The second-order valence-corrected chi connectivity index (χ2v) is 6.09. The van der Waals surface area contributed by atoms with Crippen LogP contribution in [0.15, 0.2) is 36.5 Å². The predicted molar refractivity (Wildman–Crippen MR) is 84.8 cm³/mol. The number of pyridine rings is 1. The third kappa shape index (κ3) is 3.98. The summed E-state index contributed by atoms with van der Waals surface area (Å²) in [6, 6.07) is 7.59. The van der Waals surface area contributed by atoms with Crippen LogP contribution in [-0.4, -0.2) is 24.7 Å². The molecule has 1 aliphatic rings. The lowest BCUT2D eigenvalue weighted by Crippen LogP contribution is -2.15. The van der Waals surface area contributed by atoms with Gasteiger partial charge in [-0.3, -0.25) is 0 Å². The number of aromatic nitrogens is 1. The third-order valence-electron chi connectivity index (χ3n) is 4.15. The lowest BCUT2D eigenvalue weighted by molar-refractivity contribution is 0.267. The van der Waals surface area contributed by atoms with E-state index in [1.807, 2.05) is 0 Å². The predicted octanol–water partition coefficient (Wildman–Crippen LogP) is 3.79. The molecule has 1 aromatic heterocycles. The minimum atomic E-state index is -0.812. The maximum atomic E-state index is 13.4. The van der Waals surface area contributed by atoms with Crippen LogP contribution in [0.25, 0.3) is 0 Å². The molecule has 0 amide bonds. The van der Waals surface area contributed by atoms with Gasteiger partial charge in [-0.25, -0.2) is 13.8 Å². The fourth-order valence-electron chi connectivity index (χ4n) is 2.93. The summed E-state index contributed by atoms with van der Waals surface area (Å²) >= 11 is 5.78. The highest BCUT2D eigenvalue weighted by Crippen LogP contribution is 2.31. The topological polar surface area (TPSA) is 34.1 Å². The van der Waals surface area contributed by atoms with E-state index in [9.17, 15) is 8.78 Å². The van der Waals surface area contributed by atoms with Crippen molar-refractivity contribution in [3.05, 3.63) is 58.7 Å². The van der Waals surface area contributed by atoms with Gasteiger partial charge in [0, 0.05) is 24.7 Å². The lowest BCUT2D eigenvalue weighted by atomic mass is 9.87. The number of halogens is 3. The van der Waals surface area contributed by atoms with Crippen LogP contribution >= 0.6 is 11.6 Å². The Morgan fingerprint density at radius 2 is 2.04 bits per heavy atom. The Labute approximate surface area is 138 Å². The first-order chi connectivity index (χ1) is 11.1. The summed E-state index contributed by atoms with van der Waals surface area (Å²) in [5, 5.41) is 3.87. The summed E-state index contributed by atoms with van der Waals surface area (Å²) in [6.45, 7) is 2.11. The highest BCUT2D eigenvalue weighted by molar-refractivity contribution is 6.30. The molecule has 1 fully saturated rings. The van der Waals surface area contributed by atoms with Gasteiger partial charge in [0.15, 0.2) is 11.6 Å². The molecule has 3 nitrogen and oxygen atoms in total. The van der Waals surface area contributed by atoms with Gasteiger partial charge < -0.3 is 10.1 Å². The SMILES string of the molecule is Fc1ccc([C@H]2CNC[C@@H]2CCOc2ccc(Cl)cn2)cc1F. The molecule has 3 rings (SSSR count). The minimum absolute atomic E-state index is 0.159. The largest absolute Gasteiger partial charge is 0.478 e. The molecule has 0 saturated carbocycles. The summed E-state index contributed by atoms with van der Waals surface area (Å²) < 4.78 is 32.1. The molecule has 2 heterocycles. The molecule has 2 aromatic rings. The van der Waals surface area contributed by atoms with E-state index >= 15 is 0 Å². The van der Waals surface area contributed by atoms with E-state index in [1.54, 1.807) is 18.2 Å². The van der Waals surface area contributed by atoms with Gasteiger partial charge in [-0.1, -0.05) is 17.7 Å². The van der Waals surface area contributed by atoms with Crippen molar-refractivity contribution in [2.24, 2.45) is 5.92 Å². The molecule has 1 saturated heterocycles. The van der Waals surface area contributed by atoms with Crippen molar-refractivity contribution >= 4 is 11.6 Å². The Morgan fingerprint density at radius 3 is 2.78 bits per heavy atom. The van der Waals surface area contributed by atoms with E-state index in [0.717, 1.165) is 25.1 Å². The highest BCUT2D eigenvalue weighted by Gasteiger charge is 2.28. The van der Waals surface area contributed by atoms with E-state index in [0.29, 0.717) is 23.4 Å². The zero-order chi connectivity index (χ0) is 16.2. The zero-order valence-electron chi connectivity index (χ0n) is 12.4. The van der Waals surface area contributed by atoms with Gasteiger partial charge in [0.2, 0.25) is 5.88 Å². The molecule has 23 heavy (non-hydrogen) atoms. The minimum Gasteiger partial charge on any atom is -0.478 e. The summed E-state index contributed by atoms with van der Waals surface area (Å²) in [6.07, 6.45) is 2.35. The van der Waals surface area contributed by atoms with E-state index in [-0.39, 0.29) is 5.92 Å². The van der Waals surface area contributed by atoms with Gasteiger partial charge in [-0.05, 0) is 42.6 Å². The van der Waals surface area contributed by atoms with Crippen LogP contribution in [0.1, 0.15) is 17.9 Å². The molecule has 1 aromatic carbocycles. The van der Waals surface area contributed by atoms with Crippen molar-refractivity contribution < 1.29 is 13.5 Å². The Morgan fingerprint density at radius 1 is 1.17 bits per heavy atom. The van der Waals surface area contributed by atoms with Gasteiger partial charge in [-0.2, -0.15) is 0 Å². The van der Waals surface area contributed by atoms with Crippen LogP contribution in [0.3, 0.4) is 0 Å². The molecule has 0 radical (unpaired) electrons. The van der Waals surface area contributed by atoms with Gasteiger partial charge in [-0.15, -0.1) is 0 Å². The van der Waals surface area contributed by atoms with Crippen molar-refractivity contribution in [2.45, 2.75) is 12.3 Å². The number of rotatable bonds is 5.